The van der Waals surface area contributed by atoms with Crippen LogP contribution in [0, 0.1) is 12.8 Å². The maximum Gasteiger partial charge on any atom is 0.252 e. The van der Waals surface area contributed by atoms with Gasteiger partial charge in [0.25, 0.3) is 5.91 Å². The van der Waals surface area contributed by atoms with Crippen LogP contribution in [0.5, 0.6) is 0 Å². The van der Waals surface area contributed by atoms with Gasteiger partial charge in [-0.05, 0) is 30.9 Å². The van der Waals surface area contributed by atoms with E-state index >= 15 is 0 Å². The number of aryl methyl sites for hydroxylation is 1. The third-order valence-electron chi connectivity index (χ3n) is 2.38. The Morgan fingerprint density at radius 2 is 2.18 bits per heavy atom. The fourth-order valence-electron chi connectivity index (χ4n) is 1.62. The summed E-state index contributed by atoms with van der Waals surface area (Å²) < 4.78 is 0. The fraction of sp³-hybridized carbons (Fsp3) is 0.538. The quantitative estimate of drug-likeness (QED) is 0.815. The summed E-state index contributed by atoms with van der Waals surface area (Å²) in [5.74, 6) is 0.228. The summed E-state index contributed by atoms with van der Waals surface area (Å²) in [5, 5.41) is 12.3. The lowest BCUT2D eigenvalue weighted by molar-refractivity contribution is 0.0900. The molecule has 0 aliphatic heterocycles. The summed E-state index contributed by atoms with van der Waals surface area (Å²) >= 11 is 0. The Morgan fingerprint density at radius 3 is 2.76 bits per heavy atom. The van der Waals surface area contributed by atoms with Crippen LogP contribution in [0.25, 0.3) is 0 Å². The first-order valence-electron chi connectivity index (χ1n) is 5.87. The lowest BCUT2D eigenvalue weighted by Gasteiger charge is -2.13. The third-order valence-corrected chi connectivity index (χ3v) is 2.38. The molecular formula is C13H20N2O2. The van der Waals surface area contributed by atoms with E-state index in [0.717, 1.165) is 5.56 Å². The van der Waals surface area contributed by atoms with Gasteiger partial charge in [-0.15, -0.1) is 0 Å². The molecule has 1 unspecified atom stereocenters. The van der Waals surface area contributed by atoms with Gasteiger partial charge in [0.1, 0.15) is 0 Å². The minimum Gasteiger partial charge on any atom is -0.391 e. The maximum atomic E-state index is 11.7. The third kappa shape index (κ3) is 4.95. The zero-order chi connectivity index (χ0) is 12.8. The SMILES string of the molecule is Cc1cncc(C(=O)NCC(O)CC(C)C)c1. The molecule has 0 aromatic carbocycles. The number of carbonyl (C=O) groups is 1. The fourth-order valence-corrected chi connectivity index (χ4v) is 1.62. The number of pyridine rings is 1. The standard InChI is InChI=1S/C13H20N2O2/c1-9(2)4-12(16)8-15-13(17)11-5-10(3)6-14-7-11/h5-7,9,12,16H,4,8H2,1-3H3,(H,15,17). The highest BCUT2D eigenvalue weighted by Crippen LogP contribution is 2.04. The average molecular weight is 236 g/mol. The van der Waals surface area contributed by atoms with Crippen molar-refractivity contribution >= 4 is 5.91 Å². The van der Waals surface area contributed by atoms with Crippen LogP contribution in [0.3, 0.4) is 0 Å². The first-order chi connectivity index (χ1) is 7.99. The van der Waals surface area contributed by atoms with Crippen molar-refractivity contribution in [1.82, 2.24) is 10.3 Å². The molecule has 0 fully saturated rings. The van der Waals surface area contributed by atoms with Crippen molar-refractivity contribution in [3.05, 3.63) is 29.6 Å². The number of aliphatic hydroxyl groups is 1. The number of carbonyl (C=O) groups excluding carboxylic acids is 1. The molecule has 94 valence electrons. The molecule has 1 aromatic heterocycles. The number of rotatable bonds is 5. The molecule has 1 aromatic rings. The lowest BCUT2D eigenvalue weighted by atomic mass is 10.1. The molecule has 1 amide bonds. The predicted molar refractivity (Wildman–Crippen MR) is 66.8 cm³/mol. The van der Waals surface area contributed by atoms with Crippen molar-refractivity contribution in [3.8, 4) is 0 Å². The number of amides is 1. The summed E-state index contributed by atoms with van der Waals surface area (Å²) in [5.41, 5.74) is 1.47. The summed E-state index contributed by atoms with van der Waals surface area (Å²) in [7, 11) is 0. The molecule has 1 heterocycles. The lowest BCUT2D eigenvalue weighted by Crippen LogP contribution is -2.32. The number of aromatic nitrogens is 1. The second kappa shape index (κ2) is 6.35. The van der Waals surface area contributed by atoms with Crippen molar-refractivity contribution in [2.75, 3.05) is 6.54 Å². The largest absolute Gasteiger partial charge is 0.391 e. The van der Waals surface area contributed by atoms with Crippen molar-refractivity contribution in [3.63, 3.8) is 0 Å². The Labute approximate surface area is 102 Å². The van der Waals surface area contributed by atoms with E-state index in [2.05, 4.69) is 10.3 Å². The van der Waals surface area contributed by atoms with Crippen LogP contribution in [0.4, 0.5) is 0 Å². The first-order valence-corrected chi connectivity index (χ1v) is 5.87. The van der Waals surface area contributed by atoms with Crippen LogP contribution < -0.4 is 5.32 Å². The van der Waals surface area contributed by atoms with Crippen LogP contribution in [0.2, 0.25) is 0 Å². The summed E-state index contributed by atoms with van der Waals surface area (Å²) in [6.07, 6.45) is 3.42. The van der Waals surface area contributed by atoms with E-state index in [0.29, 0.717) is 17.9 Å². The van der Waals surface area contributed by atoms with Crippen molar-refractivity contribution in [1.29, 1.82) is 0 Å². The molecule has 0 radical (unpaired) electrons. The smallest absolute Gasteiger partial charge is 0.252 e. The van der Waals surface area contributed by atoms with Gasteiger partial charge >= 0.3 is 0 Å². The van der Waals surface area contributed by atoms with Crippen molar-refractivity contribution < 1.29 is 9.90 Å². The second-order valence-corrected chi connectivity index (χ2v) is 4.74. The predicted octanol–water partition coefficient (Wildman–Crippen LogP) is 1.53. The zero-order valence-corrected chi connectivity index (χ0v) is 10.6. The average Bonchev–Trinajstić information content (AvgIpc) is 2.25. The molecule has 0 aliphatic rings. The Bertz CT molecular complexity index is 377. The number of hydrogen-bond acceptors (Lipinski definition) is 3. The van der Waals surface area contributed by atoms with Gasteiger partial charge in [0, 0.05) is 18.9 Å². The van der Waals surface area contributed by atoms with E-state index in [1.54, 1.807) is 12.3 Å². The highest BCUT2D eigenvalue weighted by molar-refractivity contribution is 5.93. The molecule has 17 heavy (non-hydrogen) atoms. The molecular weight excluding hydrogens is 216 g/mol. The number of nitrogens with zero attached hydrogens (tertiary/aromatic N) is 1. The molecule has 0 saturated heterocycles. The van der Waals surface area contributed by atoms with Crippen LogP contribution in [-0.2, 0) is 0 Å². The highest BCUT2D eigenvalue weighted by atomic mass is 16.3. The van der Waals surface area contributed by atoms with Crippen molar-refractivity contribution in [2.45, 2.75) is 33.3 Å². The summed E-state index contributed by atoms with van der Waals surface area (Å²) in [6.45, 7) is 6.24. The topological polar surface area (TPSA) is 62.2 Å². The van der Waals surface area contributed by atoms with Gasteiger partial charge in [0.2, 0.25) is 0 Å². The van der Waals surface area contributed by atoms with Crippen molar-refractivity contribution in [2.24, 2.45) is 5.92 Å². The van der Waals surface area contributed by atoms with E-state index < -0.39 is 6.10 Å². The molecule has 0 aliphatic carbocycles. The van der Waals surface area contributed by atoms with Gasteiger partial charge in [-0.1, -0.05) is 13.8 Å². The molecule has 0 bridgehead atoms. The van der Waals surface area contributed by atoms with E-state index in [1.165, 1.54) is 6.20 Å². The van der Waals surface area contributed by atoms with Gasteiger partial charge in [-0.2, -0.15) is 0 Å². The first kappa shape index (κ1) is 13.6. The monoisotopic (exact) mass is 236 g/mol. The van der Waals surface area contributed by atoms with E-state index in [9.17, 15) is 9.90 Å². The second-order valence-electron chi connectivity index (χ2n) is 4.74. The Balaban J connectivity index is 2.45. The van der Waals surface area contributed by atoms with E-state index in [-0.39, 0.29) is 12.5 Å². The van der Waals surface area contributed by atoms with Gasteiger partial charge in [-0.25, -0.2) is 0 Å². The minimum absolute atomic E-state index is 0.191. The molecule has 2 N–H and O–H groups in total. The highest BCUT2D eigenvalue weighted by Gasteiger charge is 2.10. The summed E-state index contributed by atoms with van der Waals surface area (Å²) in [6, 6.07) is 1.77. The molecule has 0 saturated carbocycles. The zero-order valence-electron chi connectivity index (χ0n) is 10.6. The molecule has 4 heteroatoms. The Kier molecular flexibility index (Phi) is 5.10. The molecule has 1 atom stereocenters. The van der Waals surface area contributed by atoms with E-state index in [4.69, 9.17) is 0 Å². The van der Waals surface area contributed by atoms with Crippen LogP contribution >= 0.6 is 0 Å². The number of aliphatic hydroxyl groups excluding tert-OH is 1. The molecule has 4 nitrogen and oxygen atoms in total. The van der Waals surface area contributed by atoms with Gasteiger partial charge in [0.05, 0.1) is 11.7 Å². The van der Waals surface area contributed by atoms with Crippen LogP contribution in [0.15, 0.2) is 18.5 Å². The van der Waals surface area contributed by atoms with Gasteiger partial charge in [0.15, 0.2) is 0 Å². The van der Waals surface area contributed by atoms with Crippen LogP contribution in [0.1, 0.15) is 36.2 Å². The molecule has 1 rings (SSSR count). The summed E-state index contributed by atoms with van der Waals surface area (Å²) in [4.78, 5) is 15.7. The Hall–Kier alpha value is -1.42. The normalized spacial score (nSPS) is 12.5. The minimum atomic E-state index is -0.489. The Morgan fingerprint density at radius 1 is 1.47 bits per heavy atom. The van der Waals surface area contributed by atoms with E-state index in [1.807, 2.05) is 20.8 Å². The number of nitrogens with one attached hydrogen (secondary N) is 1. The van der Waals surface area contributed by atoms with Gasteiger partial charge in [-0.3, -0.25) is 9.78 Å². The molecule has 0 spiro atoms. The van der Waals surface area contributed by atoms with Crippen LogP contribution in [-0.4, -0.2) is 28.6 Å². The number of hydrogen-bond donors (Lipinski definition) is 2. The van der Waals surface area contributed by atoms with Gasteiger partial charge < -0.3 is 10.4 Å². The maximum absolute atomic E-state index is 11.7.